The predicted octanol–water partition coefficient (Wildman–Crippen LogP) is 4.16. The van der Waals surface area contributed by atoms with Crippen LogP contribution in [0.25, 0.3) is 16.6 Å². The molecule has 3 heterocycles. The lowest BCUT2D eigenvalue weighted by molar-refractivity contribution is 0.102. The Morgan fingerprint density at radius 2 is 1.68 bits per heavy atom. The van der Waals surface area contributed by atoms with E-state index in [1.165, 1.54) is 49.4 Å². The van der Waals surface area contributed by atoms with E-state index in [9.17, 15) is 18.8 Å². The standard InChI is InChI=1S/C29H24FN5O6/c1-4-34-16-21(28(37)35(29(34)38)18-7-5-17(30)6-8-18)27(36)33-26-10-9-19(15-32-26)41-23-11-12-31-22-14-25(40-3)24(39-2)13-20(22)23/h5-16H,4H2,1-3H3,(H,32,33,36). The van der Waals surface area contributed by atoms with Crippen LogP contribution in [0.1, 0.15) is 17.3 Å². The van der Waals surface area contributed by atoms with Crippen LogP contribution in [0.4, 0.5) is 10.2 Å². The van der Waals surface area contributed by atoms with Crippen molar-refractivity contribution in [2.45, 2.75) is 13.5 Å². The molecular formula is C29H24FN5O6. The monoisotopic (exact) mass is 557 g/mol. The van der Waals surface area contributed by atoms with Gasteiger partial charge in [-0.05, 0) is 55.5 Å². The highest BCUT2D eigenvalue weighted by molar-refractivity contribution is 6.03. The molecule has 12 heteroatoms. The van der Waals surface area contributed by atoms with Crippen molar-refractivity contribution in [3.05, 3.63) is 105 Å². The maximum absolute atomic E-state index is 13.4. The van der Waals surface area contributed by atoms with Gasteiger partial charge in [0.15, 0.2) is 11.5 Å². The number of aromatic nitrogens is 4. The molecule has 0 radical (unpaired) electrons. The number of carbonyl (C=O) groups excluding carboxylic acids is 1. The molecule has 1 amide bonds. The third-order valence-electron chi connectivity index (χ3n) is 6.24. The maximum atomic E-state index is 13.4. The molecule has 0 aliphatic carbocycles. The molecule has 5 aromatic rings. The minimum atomic E-state index is -0.847. The summed E-state index contributed by atoms with van der Waals surface area (Å²) in [5.74, 6) is 0.779. The Morgan fingerprint density at radius 3 is 2.34 bits per heavy atom. The smallest absolute Gasteiger partial charge is 0.335 e. The van der Waals surface area contributed by atoms with Gasteiger partial charge in [0.1, 0.15) is 28.7 Å². The second-order valence-corrected chi connectivity index (χ2v) is 8.70. The summed E-state index contributed by atoms with van der Waals surface area (Å²) in [5, 5.41) is 3.26. The minimum Gasteiger partial charge on any atom is -0.493 e. The predicted molar refractivity (Wildman–Crippen MR) is 149 cm³/mol. The molecule has 1 N–H and O–H groups in total. The first-order chi connectivity index (χ1) is 19.8. The van der Waals surface area contributed by atoms with Crippen LogP contribution in [0.15, 0.2) is 82.8 Å². The summed E-state index contributed by atoms with van der Waals surface area (Å²) in [6.45, 7) is 1.90. The summed E-state index contributed by atoms with van der Waals surface area (Å²) in [6, 6.07) is 13.1. The normalized spacial score (nSPS) is 10.8. The second-order valence-electron chi connectivity index (χ2n) is 8.70. The van der Waals surface area contributed by atoms with E-state index in [4.69, 9.17) is 14.2 Å². The number of aryl methyl sites for hydroxylation is 1. The summed E-state index contributed by atoms with van der Waals surface area (Å²) in [6.07, 6.45) is 4.20. The zero-order chi connectivity index (χ0) is 29.1. The van der Waals surface area contributed by atoms with E-state index < -0.39 is 23.0 Å². The number of fused-ring (bicyclic) bond motifs is 1. The van der Waals surface area contributed by atoms with Gasteiger partial charge >= 0.3 is 5.69 Å². The van der Waals surface area contributed by atoms with Gasteiger partial charge in [-0.15, -0.1) is 0 Å². The first-order valence-corrected chi connectivity index (χ1v) is 12.4. The van der Waals surface area contributed by atoms with Gasteiger partial charge in [-0.2, -0.15) is 0 Å². The molecule has 3 aromatic heterocycles. The number of pyridine rings is 2. The van der Waals surface area contributed by atoms with Gasteiger partial charge in [0.2, 0.25) is 0 Å². The van der Waals surface area contributed by atoms with Crippen molar-refractivity contribution >= 4 is 22.6 Å². The van der Waals surface area contributed by atoms with Gasteiger partial charge in [0, 0.05) is 30.4 Å². The lowest BCUT2D eigenvalue weighted by Crippen LogP contribution is -2.42. The van der Waals surface area contributed by atoms with E-state index in [1.54, 1.807) is 37.4 Å². The molecule has 0 fully saturated rings. The summed E-state index contributed by atoms with van der Waals surface area (Å²) in [4.78, 5) is 47.7. The number of hydrogen-bond acceptors (Lipinski definition) is 8. The third kappa shape index (κ3) is 5.35. The summed E-state index contributed by atoms with van der Waals surface area (Å²) >= 11 is 0. The van der Waals surface area contributed by atoms with E-state index in [-0.39, 0.29) is 23.6 Å². The molecule has 0 saturated carbocycles. The number of rotatable bonds is 8. The van der Waals surface area contributed by atoms with Crippen LogP contribution in [-0.4, -0.2) is 39.2 Å². The average Bonchev–Trinajstić information content (AvgIpc) is 2.98. The van der Waals surface area contributed by atoms with Crippen LogP contribution in [-0.2, 0) is 6.54 Å². The van der Waals surface area contributed by atoms with Crippen LogP contribution in [0.2, 0.25) is 0 Å². The summed E-state index contributed by atoms with van der Waals surface area (Å²) in [7, 11) is 3.07. The fourth-order valence-electron chi connectivity index (χ4n) is 4.16. The van der Waals surface area contributed by atoms with E-state index in [0.717, 1.165) is 16.7 Å². The van der Waals surface area contributed by atoms with Gasteiger partial charge in [0.25, 0.3) is 11.5 Å². The Morgan fingerprint density at radius 1 is 0.951 bits per heavy atom. The Balaban J connectivity index is 1.40. The third-order valence-corrected chi connectivity index (χ3v) is 6.24. The highest BCUT2D eigenvalue weighted by atomic mass is 19.1. The van der Waals surface area contributed by atoms with Crippen LogP contribution in [0, 0.1) is 5.82 Å². The van der Waals surface area contributed by atoms with E-state index in [0.29, 0.717) is 33.9 Å². The molecule has 0 bridgehead atoms. The van der Waals surface area contributed by atoms with Crippen molar-refractivity contribution in [1.82, 2.24) is 19.1 Å². The number of amides is 1. The number of ether oxygens (including phenoxy) is 3. The molecule has 5 rings (SSSR count). The van der Waals surface area contributed by atoms with Crippen LogP contribution in [0.5, 0.6) is 23.0 Å². The average molecular weight is 558 g/mol. The molecule has 2 aromatic carbocycles. The number of nitrogens with one attached hydrogen (secondary N) is 1. The Hall–Kier alpha value is -5.52. The van der Waals surface area contributed by atoms with Gasteiger partial charge in [0.05, 0.1) is 31.6 Å². The largest absolute Gasteiger partial charge is 0.493 e. The van der Waals surface area contributed by atoms with Crippen molar-refractivity contribution in [2.75, 3.05) is 19.5 Å². The SMILES string of the molecule is CCn1cc(C(=O)Nc2ccc(Oc3ccnc4cc(OC)c(OC)cc34)cn2)c(=O)n(-c2ccc(F)cc2)c1=O. The topological polar surface area (TPSA) is 127 Å². The van der Waals surface area contributed by atoms with Crippen molar-refractivity contribution < 1.29 is 23.4 Å². The molecule has 0 saturated heterocycles. The number of carbonyl (C=O) groups is 1. The second kappa shape index (κ2) is 11.3. The Kier molecular flexibility index (Phi) is 7.46. The number of halogens is 1. The van der Waals surface area contributed by atoms with Crippen LogP contribution < -0.4 is 30.8 Å². The molecule has 0 atom stereocenters. The number of methoxy groups -OCH3 is 2. The fraction of sp³-hybridized carbons (Fsp3) is 0.138. The quantitative estimate of drug-likeness (QED) is 0.301. The molecule has 0 unspecified atom stereocenters. The van der Waals surface area contributed by atoms with Crippen LogP contribution >= 0.6 is 0 Å². The van der Waals surface area contributed by atoms with Gasteiger partial charge in [-0.3, -0.25) is 19.1 Å². The van der Waals surface area contributed by atoms with E-state index in [2.05, 4.69) is 15.3 Å². The van der Waals surface area contributed by atoms with Gasteiger partial charge in [-0.25, -0.2) is 18.7 Å². The zero-order valence-electron chi connectivity index (χ0n) is 22.3. The molecule has 41 heavy (non-hydrogen) atoms. The molecule has 0 aliphatic rings. The Labute approximate surface area is 232 Å². The number of benzene rings is 2. The lowest BCUT2D eigenvalue weighted by Gasteiger charge is -2.13. The number of hydrogen-bond donors (Lipinski definition) is 1. The zero-order valence-corrected chi connectivity index (χ0v) is 22.3. The Bertz CT molecular complexity index is 1870. The molecule has 208 valence electrons. The highest BCUT2D eigenvalue weighted by Gasteiger charge is 2.19. The van der Waals surface area contributed by atoms with Gasteiger partial charge < -0.3 is 19.5 Å². The van der Waals surface area contributed by atoms with Crippen LogP contribution in [0.3, 0.4) is 0 Å². The molecule has 0 spiro atoms. The lowest BCUT2D eigenvalue weighted by atomic mass is 10.2. The number of nitrogens with zero attached hydrogens (tertiary/aromatic N) is 4. The van der Waals surface area contributed by atoms with Gasteiger partial charge in [-0.1, -0.05) is 0 Å². The highest BCUT2D eigenvalue weighted by Crippen LogP contribution is 2.36. The van der Waals surface area contributed by atoms with Crippen molar-refractivity contribution in [3.63, 3.8) is 0 Å². The molecular weight excluding hydrogens is 533 g/mol. The maximum Gasteiger partial charge on any atom is 0.335 e. The number of anilines is 1. The first kappa shape index (κ1) is 27.1. The summed E-state index contributed by atoms with van der Waals surface area (Å²) in [5.41, 5.74) is -1.01. The molecule has 0 aliphatic heterocycles. The van der Waals surface area contributed by atoms with E-state index >= 15 is 0 Å². The minimum absolute atomic E-state index is 0.137. The van der Waals surface area contributed by atoms with Crippen molar-refractivity contribution in [3.8, 4) is 28.7 Å². The van der Waals surface area contributed by atoms with E-state index in [1.807, 2.05) is 0 Å². The first-order valence-electron chi connectivity index (χ1n) is 12.4. The molecule has 11 nitrogen and oxygen atoms in total. The van der Waals surface area contributed by atoms with Crippen molar-refractivity contribution in [2.24, 2.45) is 0 Å². The summed E-state index contributed by atoms with van der Waals surface area (Å²) < 4.78 is 32.2. The van der Waals surface area contributed by atoms with Crippen molar-refractivity contribution in [1.29, 1.82) is 0 Å². The fourth-order valence-corrected chi connectivity index (χ4v) is 4.16.